The number of furan rings is 1. The molecule has 358 valence electrons. The molecule has 0 saturated carbocycles. The van der Waals surface area contributed by atoms with E-state index in [1.54, 1.807) is 22.7 Å². The number of hydrogen-bond donors (Lipinski definition) is 0. The normalized spacial score (nSPS) is 12.2. The largest absolute Gasteiger partial charge is 0.455 e. The lowest BCUT2D eigenvalue weighted by molar-refractivity contribution is 0.670. The monoisotopic (exact) mass is 1020 g/mol. The Balaban J connectivity index is 0.821. The van der Waals surface area contributed by atoms with Crippen LogP contribution in [0, 0.1) is 0 Å². The van der Waals surface area contributed by atoms with E-state index in [0.717, 1.165) is 98.3 Å². The third-order valence-electron chi connectivity index (χ3n) is 15.6. The summed E-state index contributed by atoms with van der Waals surface area (Å²) >= 11 is 3.60. The molecule has 0 aliphatic rings. The maximum atomic E-state index is 6.91. The first kappa shape index (κ1) is 42.6. The zero-order valence-electron chi connectivity index (χ0n) is 41.0. The highest BCUT2D eigenvalue weighted by Crippen LogP contribution is 2.47. The van der Waals surface area contributed by atoms with Crippen LogP contribution in [0.3, 0.4) is 0 Å². The fourth-order valence-electron chi connectivity index (χ4n) is 12.2. The van der Waals surface area contributed by atoms with Gasteiger partial charge < -0.3 is 8.98 Å². The van der Waals surface area contributed by atoms with E-state index in [4.69, 9.17) is 19.4 Å². The van der Waals surface area contributed by atoms with Crippen molar-refractivity contribution < 1.29 is 4.42 Å². The van der Waals surface area contributed by atoms with E-state index in [2.05, 4.69) is 246 Å². The number of hydrogen-bond acceptors (Lipinski definition) is 6. The summed E-state index contributed by atoms with van der Waals surface area (Å²) < 4.78 is 16.3. The van der Waals surface area contributed by atoms with Crippen molar-refractivity contribution in [2.45, 2.75) is 0 Å². The minimum Gasteiger partial charge on any atom is -0.455 e. The lowest BCUT2D eigenvalue weighted by atomic mass is 9.98. The molecule has 0 radical (unpaired) electrons. The third-order valence-corrected chi connectivity index (χ3v) is 17.9. The van der Waals surface area contributed by atoms with E-state index >= 15 is 0 Å². The zero-order valence-corrected chi connectivity index (χ0v) is 42.6. The van der Waals surface area contributed by atoms with Crippen molar-refractivity contribution in [2.24, 2.45) is 0 Å². The maximum absolute atomic E-state index is 6.91. The van der Waals surface area contributed by atoms with Gasteiger partial charge in [0.1, 0.15) is 11.2 Å². The zero-order chi connectivity index (χ0) is 50.3. The van der Waals surface area contributed by atoms with Gasteiger partial charge in [0.15, 0.2) is 11.6 Å². The first-order valence-electron chi connectivity index (χ1n) is 25.8. The van der Waals surface area contributed by atoms with Gasteiger partial charge in [-0.15, -0.1) is 22.7 Å². The van der Waals surface area contributed by atoms with Crippen molar-refractivity contribution >= 4 is 129 Å². The summed E-state index contributed by atoms with van der Waals surface area (Å²) in [5.74, 6) is 1.82. The standard InChI is InChI=1S/C69H39N5OS2/c1-2-15-43(16-3-1)73-56-26-8-6-19-46(56)54-37-40(32-35-59(54)73)41-33-36-60-55(38-41)50-22-12-21-49(65(50)75-60)51-23-13-24-52-64-53(25-14-30-62(64)77-66(51)52)68-70-67(42-31-34-48-47-20-7-11-29-61(47)76-63(48)39-42)71-69(72-68)74-57-27-9-4-17-44(57)45-18-5-10-28-58(45)74/h1-39H. The van der Waals surface area contributed by atoms with Crippen LogP contribution in [0.25, 0.3) is 163 Å². The molecule has 0 aliphatic carbocycles. The van der Waals surface area contributed by atoms with E-state index in [1.807, 2.05) is 0 Å². The predicted molar refractivity (Wildman–Crippen MR) is 323 cm³/mol. The van der Waals surface area contributed by atoms with Crippen LogP contribution in [-0.4, -0.2) is 24.1 Å². The van der Waals surface area contributed by atoms with Crippen molar-refractivity contribution in [2.75, 3.05) is 0 Å². The first-order valence-corrected chi connectivity index (χ1v) is 27.5. The van der Waals surface area contributed by atoms with Gasteiger partial charge in [-0.05, 0) is 83.9 Å². The fourth-order valence-corrected chi connectivity index (χ4v) is 14.6. The van der Waals surface area contributed by atoms with Crippen LogP contribution >= 0.6 is 22.7 Å². The molecular formula is C69H39N5OS2. The molecule has 6 nitrogen and oxygen atoms in total. The van der Waals surface area contributed by atoms with E-state index in [-0.39, 0.29) is 0 Å². The third kappa shape index (κ3) is 6.37. The van der Waals surface area contributed by atoms with Crippen LogP contribution in [0.2, 0.25) is 0 Å². The number of para-hydroxylation sites is 5. The van der Waals surface area contributed by atoms with Crippen molar-refractivity contribution in [1.82, 2.24) is 24.1 Å². The van der Waals surface area contributed by atoms with Crippen LogP contribution < -0.4 is 0 Å². The van der Waals surface area contributed by atoms with Crippen molar-refractivity contribution in [1.29, 1.82) is 0 Å². The van der Waals surface area contributed by atoms with Gasteiger partial charge in [-0.1, -0.05) is 164 Å². The SMILES string of the molecule is c1ccc(-n2c3ccccc3c3cc(-c4ccc5oc6c(-c7cccc8c7sc7cccc(-c9nc(-c%10ccc%11c(c%10)sc%10ccccc%10%11)nc(-n%10c%11ccccc%11c%11ccccc%11%10)n9)c78)cccc6c5c4)ccc32)cc1. The second-order valence-electron chi connectivity index (χ2n) is 19.8. The Morgan fingerprint density at radius 3 is 1.70 bits per heavy atom. The molecule has 0 aliphatic heterocycles. The number of aromatic nitrogens is 5. The molecule has 0 fully saturated rings. The van der Waals surface area contributed by atoms with E-state index < -0.39 is 0 Å². The minimum absolute atomic E-state index is 0.576. The molecule has 0 N–H and O–H groups in total. The van der Waals surface area contributed by atoms with Gasteiger partial charge in [-0.3, -0.25) is 4.57 Å². The van der Waals surface area contributed by atoms with E-state index in [0.29, 0.717) is 17.6 Å². The maximum Gasteiger partial charge on any atom is 0.238 e. The van der Waals surface area contributed by atoms with Gasteiger partial charge in [0.25, 0.3) is 0 Å². The predicted octanol–water partition coefficient (Wildman–Crippen LogP) is 19.4. The number of rotatable bonds is 6. The van der Waals surface area contributed by atoms with Gasteiger partial charge in [0.2, 0.25) is 5.95 Å². The van der Waals surface area contributed by atoms with Gasteiger partial charge in [-0.2, -0.15) is 9.97 Å². The van der Waals surface area contributed by atoms with Crippen molar-refractivity contribution in [3.63, 3.8) is 0 Å². The van der Waals surface area contributed by atoms with Gasteiger partial charge >= 0.3 is 0 Å². The quantitative estimate of drug-likeness (QED) is 0.166. The Labute approximate surface area is 447 Å². The Morgan fingerprint density at radius 1 is 0.325 bits per heavy atom. The summed E-state index contributed by atoms with van der Waals surface area (Å²) in [4.78, 5) is 16.2. The summed E-state index contributed by atoms with van der Waals surface area (Å²) in [6, 6.07) is 84.8. The molecule has 0 bridgehead atoms. The number of benzene rings is 11. The molecule has 0 saturated heterocycles. The molecular weight excluding hydrogens is 979 g/mol. The smallest absolute Gasteiger partial charge is 0.238 e. The number of nitrogens with zero attached hydrogens (tertiary/aromatic N) is 5. The van der Waals surface area contributed by atoms with Crippen molar-refractivity contribution in [3.8, 4) is 56.7 Å². The topological polar surface area (TPSA) is 61.7 Å². The van der Waals surface area contributed by atoms with Crippen LogP contribution in [-0.2, 0) is 0 Å². The Morgan fingerprint density at radius 2 is 0.896 bits per heavy atom. The van der Waals surface area contributed by atoms with Gasteiger partial charge in [0, 0.05) is 101 Å². The Hall–Kier alpha value is -9.73. The number of fused-ring (bicyclic) bond motifs is 15. The molecule has 0 unspecified atom stereocenters. The van der Waals surface area contributed by atoms with Crippen molar-refractivity contribution in [3.05, 3.63) is 237 Å². The molecule has 17 rings (SSSR count). The highest BCUT2D eigenvalue weighted by molar-refractivity contribution is 7.26. The molecule has 77 heavy (non-hydrogen) atoms. The molecule has 17 aromatic rings. The van der Waals surface area contributed by atoms with Crippen LogP contribution in [0.5, 0.6) is 0 Å². The average molecular weight is 1020 g/mol. The molecule has 0 atom stereocenters. The average Bonchev–Trinajstić information content (AvgIpc) is 4.32. The molecule has 11 aromatic carbocycles. The number of thiophene rings is 2. The highest BCUT2D eigenvalue weighted by atomic mass is 32.1. The second kappa shape index (κ2) is 16.4. The second-order valence-corrected chi connectivity index (χ2v) is 22.0. The molecule has 0 spiro atoms. The van der Waals surface area contributed by atoms with Gasteiger partial charge in [-0.25, -0.2) is 4.98 Å². The van der Waals surface area contributed by atoms with E-state index in [9.17, 15) is 0 Å². The molecule has 6 aromatic heterocycles. The van der Waals surface area contributed by atoms with Crippen LogP contribution in [0.1, 0.15) is 0 Å². The summed E-state index contributed by atoms with van der Waals surface area (Å²) in [5.41, 5.74) is 13.7. The Bertz CT molecular complexity index is 5260. The Kier molecular flexibility index (Phi) is 9.07. The molecule has 0 amide bonds. The minimum atomic E-state index is 0.576. The molecule has 8 heteroatoms. The van der Waals surface area contributed by atoms with Crippen LogP contribution in [0.15, 0.2) is 241 Å². The summed E-state index contributed by atoms with van der Waals surface area (Å²) in [6.07, 6.45) is 0. The summed E-state index contributed by atoms with van der Waals surface area (Å²) in [7, 11) is 0. The molecule has 6 heterocycles. The summed E-state index contributed by atoms with van der Waals surface area (Å²) in [5, 5.41) is 11.7. The first-order chi connectivity index (χ1) is 38.2. The lowest BCUT2D eigenvalue weighted by Crippen LogP contribution is -2.06. The van der Waals surface area contributed by atoms with Gasteiger partial charge in [0.05, 0.1) is 22.1 Å². The van der Waals surface area contributed by atoms with Crippen LogP contribution in [0.4, 0.5) is 0 Å². The fraction of sp³-hybridized carbons (Fsp3) is 0. The lowest BCUT2D eigenvalue weighted by Gasteiger charge is -2.12. The highest BCUT2D eigenvalue weighted by Gasteiger charge is 2.23. The van der Waals surface area contributed by atoms with E-state index in [1.165, 1.54) is 46.7 Å². The summed E-state index contributed by atoms with van der Waals surface area (Å²) in [6.45, 7) is 0.